The van der Waals surface area contributed by atoms with Crippen LogP contribution in [0.5, 0.6) is 0 Å². The summed E-state index contributed by atoms with van der Waals surface area (Å²) in [4.78, 5) is 0. The second-order valence-corrected chi connectivity index (χ2v) is 6.12. The molecule has 0 atom stereocenters. The number of hydrogen-bond donors (Lipinski definition) is 0. The average Bonchev–Trinajstić information content (AvgIpc) is 2.02. The highest BCUT2D eigenvalue weighted by Crippen LogP contribution is 2.58. The van der Waals surface area contributed by atoms with Gasteiger partial charge in [-0.15, -0.1) is 11.4 Å². The molecule has 0 heterocycles. The average molecular weight is 196 g/mol. The first-order chi connectivity index (χ1) is 6.39. The van der Waals surface area contributed by atoms with E-state index in [9.17, 15) is 0 Å². The van der Waals surface area contributed by atoms with E-state index in [1.807, 2.05) is 0 Å². The van der Waals surface area contributed by atoms with Crippen LogP contribution < -0.4 is 0 Å². The molecule has 0 spiro atoms. The lowest BCUT2D eigenvalue weighted by Crippen LogP contribution is -2.49. The van der Waals surface area contributed by atoms with E-state index in [-0.39, 0.29) is 16.2 Å². The predicted octanol–water partition coefficient (Wildman–Crippen LogP) is 2.23. The molecule has 0 unspecified atom stereocenters. The van der Waals surface area contributed by atoms with Gasteiger partial charge in [0.15, 0.2) is 0 Å². The molecule has 8 radical (unpaired) electrons. The van der Waals surface area contributed by atoms with Gasteiger partial charge >= 0.3 is 0 Å². The zero-order valence-corrected chi connectivity index (χ0v) is 11.0. The van der Waals surface area contributed by atoms with Gasteiger partial charge in [0.2, 0.25) is 0 Å². The van der Waals surface area contributed by atoms with Crippen LogP contribution in [0, 0.1) is 16.2 Å². The molecule has 0 saturated heterocycles. The highest BCUT2D eigenvalue weighted by molar-refractivity contribution is 6.36. The standard InChI is InChI=1S/C11H20B4/c1-9(2,7(12)13)11(5,6)10(3,4)8(14)15/h7-8H,1-6H3. The van der Waals surface area contributed by atoms with E-state index in [1.165, 1.54) is 0 Å². The van der Waals surface area contributed by atoms with Crippen molar-refractivity contribution in [3.05, 3.63) is 0 Å². The first-order valence-corrected chi connectivity index (χ1v) is 5.41. The van der Waals surface area contributed by atoms with Crippen LogP contribution in [-0.4, -0.2) is 31.4 Å². The van der Waals surface area contributed by atoms with E-state index < -0.39 is 11.4 Å². The largest absolute Gasteiger partial charge is 0.104 e. The van der Waals surface area contributed by atoms with Crippen LogP contribution in [0.25, 0.3) is 0 Å². The summed E-state index contributed by atoms with van der Waals surface area (Å²) in [7, 11) is 23.4. The van der Waals surface area contributed by atoms with Gasteiger partial charge in [0.05, 0.1) is 31.4 Å². The third-order valence-corrected chi connectivity index (χ3v) is 4.89. The van der Waals surface area contributed by atoms with E-state index in [1.54, 1.807) is 0 Å². The Morgan fingerprint density at radius 1 is 0.600 bits per heavy atom. The molecule has 0 amide bonds. The third kappa shape index (κ3) is 2.34. The Labute approximate surface area is 101 Å². The van der Waals surface area contributed by atoms with Gasteiger partial charge in [-0.25, -0.2) is 0 Å². The summed E-state index contributed by atoms with van der Waals surface area (Å²) in [5.74, 6) is 0. The van der Waals surface area contributed by atoms with Crippen molar-refractivity contribution in [3.63, 3.8) is 0 Å². The molecule has 0 bridgehead atoms. The first-order valence-electron chi connectivity index (χ1n) is 5.41. The van der Waals surface area contributed by atoms with E-state index in [2.05, 4.69) is 41.5 Å². The molecule has 0 aromatic carbocycles. The maximum Gasteiger partial charge on any atom is 0.0582 e. The van der Waals surface area contributed by atoms with Crippen molar-refractivity contribution in [2.45, 2.75) is 53.0 Å². The molecule has 0 fully saturated rings. The lowest BCUT2D eigenvalue weighted by molar-refractivity contribution is -0.00507. The van der Waals surface area contributed by atoms with Gasteiger partial charge in [0, 0.05) is 0 Å². The molecule has 0 aromatic rings. The van der Waals surface area contributed by atoms with Crippen molar-refractivity contribution >= 4 is 31.4 Å². The Morgan fingerprint density at radius 2 is 0.800 bits per heavy atom. The van der Waals surface area contributed by atoms with Gasteiger partial charge in [0.25, 0.3) is 0 Å². The molecule has 76 valence electrons. The van der Waals surface area contributed by atoms with E-state index >= 15 is 0 Å². The van der Waals surface area contributed by atoms with Crippen molar-refractivity contribution in [2.75, 3.05) is 0 Å². The predicted molar refractivity (Wildman–Crippen MR) is 71.9 cm³/mol. The number of rotatable bonds is 4. The van der Waals surface area contributed by atoms with Crippen LogP contribution in [0.3, 0.4) is 0 Å². The lowest BCUT2D eigenvalue weighted by atomic mass is 9.38. The van der Waals surface area contributed by atoms with Crippen LogP contribution in [0.4, 0.5) is 0 Å². The highest BCUT2D eigenvalue weighted by atomic mass is 14.5. The Bertz CT molecular complexity index is 195. The second kappa shape index (κ2) is 4.26. The first kappa shape index (κ1) is 15.3. The van der Waals surface area contributed by atoms with Crippen LogP contribution in [-0.2, 0) is 0 Å². The monoisotopic (exact) mass is 196 g/mol. The van der Waals surface area contributed by atoms with Crippen molar-refractivity contribution in [1.82, 2.24) is 0 Å². The quantitative estimate of drug-likeness (QED) is 0.604. The molecular weight excluding hydrogens is 175 g/mol. The fourth-order valence-electron chi connectivity index (χ4n) is 1.66. The SMILES string of the molecule is [B]C([B])C(C)(C)C(C)(C)C(C)(C)C([B])[B]. The van der Waals surface area contributed by atoms with Gasteiger partial charge in [-0.05, 0) is 16.2 Å². The van der Waals surface area contributed by atoms with E-state index in [0.29, 0.717) is 0 Å². The molecule has 0 saturated carbocycles. The van der Waals surface area contributed by atoms with Gasteiger partial charge in [-0.3, -0.25) is 0 Å². The summed E-state index contributed by atoms with van der Waals surface area (Å²) in [5, 5.41) is 0. The molecule has 0 aliphatic heterocycles. The minimum atomic E-state index is -0.398. The zero-order chi connectivity index (χ0) is 12.7. The van der Waals surface area contributed by atoms with E-state index in [4.69, 9.17) is 31.4 Å². The summed E-state index contributed by atoms with van der Waals surface area (Å²) in [6.07, 6.45) is 0. The lowest BCUT2D eigenvalue weighted by Gasteiger charge is -2.57. The minimum Gasteiger partial charge on any atom is -0.104 e. The molecular formula is C11H20B4. The molecule has 4 heteroatoms. The molecule has 0 rings (SSSR count). The Hall–Kier alpha value is 0.260. The summed E-state index contributed by atoms with van der Waals surface area (Å²) in [6, 6.07) is 0. The molecule has 0 N–H and O–H groups in total. The summed E-state index contributed by atoms with van der Waals surface area (Å²) >= 11 is 0. The highest BCUT2D eigenvalue weighted by Gasteiger charge is 2.49. The Balaban J connectivity index is 5.30. The summed E-state index contributed by atoms with van der Waals surface area (Å²) in [6.45, 7) is 12.5. The molecule has 0 aromatic heterocycles. The Morgan fingerprint density at radius 3 is 0.933 bits per heavy atom. The van der Waals surface area contributed by atoms with Gasteiger partial charge in [-0.2, -0.15) is 0 Å². The van der Waals surface area contributed by atoms with Crippen molar-refractivity contribution in [2.24, 2.45) is 16.2 Å². The Kier molecular flexibility index (Phi) is 4.33. The van der Waals surface area contributed by atoms with Gasteiger partial charge in [-0.1, -0.05) is 41.5 Å². The van der Waals surface area contributed by atoms with Crippen LogP contribution in [0.2, 0.25) is 11.4 Å². The minimum absolute atomic E-state index is 0.164. The summed E-state index contributed by atoms with van der Waals surface area (Å²) in [5.41, 5.74) is -1.44. The van der Waals surface area contributed by atoms with Crippen LogP contribution >= 0.6 is 0 Å². The van der Waals surface area contributed by atoms with Crippen LogP contribution in [0.15, 0.2) is 0 Å². The fraction of sp³-hybridized carbons (Fsp3) is 1.00. The smallest absolute Gasteiger partial charge is 0.0582 e. The molecule has 15 heavy (non-hydrogen) atoms. The molecule has 0 nitrogen and oxygen atoms in total. The van der Waals surface area contributed by atoms with Gasteiger partial charge < -0.3 is 0 Å². The topological polar surface area (TPSA) is 0 Å². The number of hydrogen-bond acceptors (Lipinski definition) is 0. The molecule has 0 aliphatic rings. The molecule has 0 aliphatic carbocycles. The normalized spacial score (nSPS) is 14.9. The summed E-state index contributed by atoms with van der Waals surface area (Å²) < 4.78 is 0. The van der Waals surface area contributed by atoms with Crippen molar-refractivity contribution < 1.29 is 0 Å². The third-order valence-electron chi connectivity index (χ3n) is 4.89. The zero-order valence-electron chi connectivity index (χ0n) is 11.0. The van der Waals surface area contributed by atoms with Crippen molar-refractivity contribution in [1.29, 1.82) is 0 Å². The second-order valence-electron chi connectivity index (χ2n) is 6.12. The maximum absolute atomic E-state index is 5.85. The van der Waals surface area contributed by atoms with Gasteiger partial charge in [0.1, 0.15) is 0 Å². The van der Waals surface area contributed by atoms with Crippen molar-refractivity contribution in [3.8, 4) is 0 Å². The van der Waals surface area contributed by atoms with E-state index in [0.717, 1.165) is 0 Å². The fourth-order valence-corrected chi connectivity index (χ4v) is 1.66. The maximum atomic E-state index is 5.85. The van der Waals surface area contributed by atoms with Crippen LogP contribution in [0.1, 0.15) is 41.5 Å².